The first kappa shape index (κ1) is 26.0. The zero-order valence-corrected chi connectivity index (χ0v) is 21.9. The van der Waals surface area contributed by atoms with E-state index in [0.717, 1.165) is 0 Å². The molecule has 0 radical (unpaired) electrons. The molecule has 0 aliphatic carbocycles. The average molecular weight is 547 g/mol. The normalized spacial score (nSPS) is 15.4. The van der Waals surface area contributed by atoms with Gasteiger partial charge < -0.3 is 19.0 Å². The van der Waals surface area contributed by atoms with Gasteiger partial charge in [0.05, 0.1) is 30.0 Å². The predicted molar refractivity (Wildman–Crippen MR) is 143 cm³/mol. The molecule has 198 valence electrons. The van der Waals surface area contributed by atoms with Gasteiger partial charge >= 0.3 is 5.97 Å². The molecule has 0 fully saturated rings. The number of pyridine rings is 1. The Kier molecular flexibility index (Phi) is 6.84. The zero-order chi connectivity index (χ0) is 27.8. The van der Waals surface area contributed by atoms with E-state index in [1.165, 1.54) is 30.3 Å². The lowest BCUT2D eigenvalue weighted by Crippen LogP contribution is -2.31. The van der Waals surface area contributed by atoms with Crippen LogP contribution in [0.1, 0.15) is 46.5 Å². The van der Waals surface area contributed by atoms with Crippen LogP contribution in [0.2, 0.25) is 5.02 Å². The van der Waals surface area contributed by atoms with Crippen molar-refractivity contribution in [1.82, 2.24) is 4.98 Å². The molecule has 9 nitrogen and oxygen atoms in total. The SMILES string of the molecule is COc1cc(Cl)cc2cc(C(=O)C3=C(O)C(=O)N(c4cccc(C(=O)OC(C)C)c4)C3c3ccccn3)oc12. The summed E-state index contributed by atoms with van der Waals surface area (Å²) in [5.74, 6) is -2.68. The van der Waals surface area contributed by atoms with E-state index in [2.05, 4.69) is 4.98 Å². The van der Waals surface area contributed by atoms with Crippen molar-refractivity contribution in [2.45, 2.75) is 26.0 Å². The third-order valence-electron chi connectivity index (χ3n) is 6.11. The molecule has 0 bridgehead atoms. The number of aliphatic hydroxyl groups excluding tert-OH is 1. The van der Waals surface area contributed by atoms with E-state index in [1.807, 2.05) is 0 Å². The van der Waals surface area contributed by atoms with E-state index in [4.69, 9.17) is 25.5 Å². The number of nitrogens with zero attached hydrogens (tertiary/aromatic N) is 2. The lowest BCUT2D eigenvalue weighted by molar-refractivity contribution is -0.117. The Morgan fingerprint density at radius 3 is 2.59 bits per heavy atom. The number of hydrogen-bond donors (Lipinski definition) is 1. The number of ketones is 1. The highest BCUT2D eigenvalue weighted by Gasteiger charge is 2.46. The summed E-state index contributed by atoms with van der Waals surface area (Å²) >= 11 is 6.17. The van der Waals surface area contributed by atoms with Gasteiger partial charge in [0.2, 0.25) is 5.78 Å². The van der Waals surface area contributed by atoms with E-state index in [9.17, 15) is 19.5 Å². The summed E-state index contributed by atoms with van der Waals surface area (Å²) in [6, 6.07) is 14.7. The van der Waals surface area contributed by atoms with E-state index in [0.29, 0.717) is 21.9 Å². The maximum Gasteiger partial charge on any atom is 0.338 e. The third-order valence-corrected chi connectivity index (χ3v) is 6.33. The summed E-state index contributed by atoms with van der Waals surface area (Å²) < 4.78 is 16.4. The molecule has 1 N–H and O–H groups in total. The van der Waals surface area contributed by atoms with Crippen molar-refractivity contribution in [2.75, 3.05) is 12.0 Å². The van der Waals surface area contributed by atoms with Gasteiger partial charge in [-0.25, -0.2) is 4.79 Å². The number of carbonyl (C=O) groups is 3. The second kappa shape index (κ2) is 10.3. The minimum atomic E-state index is -1.11. The second-order valence-electron chi connectivity index (χ2n) is 9.07. The van der Waals surface area contributed by atoms with Gasteiger partial charge in [-0.15, -0.1) is 0 Å². The van der Waals surface area contributed by atoms with Gasteiger partial charge in [-0.1, -0.05) is 23.7 Å². The summed E-state index contributed by atoms with van der Waals surface area (Å²) in [7, 11) is 1.44. The highest BCUT2D eigenvalue weighted by Crippen LogP contribution is 2.42. The molecule has 2 aromatic heterocycles. The van der Waals surface area contributed by atoms with Crippen molar-refractivity contribution in [3.63, 3.8) is 0 Å². The van der Waals surface area contributed by atoms with Crippen molar-refractivity contribution >= 4 is 45.9 Å². The van der Waals surface area contributed by atoms with Crippen LogP contribution >= 0.6 is 11.6 Å². The van der Waals surface area contributed by atoms with Crippen LogP contribution in [-0.4, -0.2) is 41.0 Å². The van der Waals surface area contributed by atoms with Crippen molar-refractivity contribution in [2.24, 2.45) is 0 Å². The van der Waals surface area contributed by atoms with Crippen LogP contribution in [-0.2, 0) is 9.53 Å². The van der Waals surface area contributed by atoms with Crippen molar-refractivity contribution in [3.05, 3.63) is 100 Å². The van der Waals surface area contributed by atoms with Gasteiger partial charge in [-0.2, -0.15) is 0 Å². The molecule has 2 aromatic carbocycles. The minimum Gasteiger partial charge on any atom is -0.503 e. The van der Waals surface area contributed by atoms with Gasteiger partial charge in [0, 0.05) is 28.4 Å². The first-order valence-electron chi connectivity index (χ1n) is 12.0. The molecule has 1 amide bonds. The molecule has 4 aromatic rings. The Labute approximate surface area is 228 Å². The van der Waals surface area contributed by atoms with Gasteiger partial charge in [0.25, 0.3) is 5.91 Å². The number of rotatable bonds is 7. The first-order valence-corrected chi connectivity index (χ1v) is 12.4. The summed E-state index contributed by atoms with van der Waals surface area (Å²) in [5.41, 5.74) is 0.857. The van der Waals surface area contributed by atoms with Crippen molar-refractivity contribution < 1.29 is 33.4 Å². The molecule has 1 aliphatic heterocycles. The Morgan fingerprint density at radius 1 is 1.10 bits per heavy atom. The number of furan rings is 1. The minimum absolute atomic E-state index is 0.128. The number of carbonyl (C=O) groups excluding carboxylic acids is 3. The van der Waals surface area contributed by atoms with Crippen LogP contribution in [0.3, 0.4) is 0 Å². The van der Waals surface area contributed by atoms with Gasteiger partial charge in [0.15, 0.2) is 22.9 Å². The largest absolute Gasteiger partial charge is 0.503 e. The monoisotopic (exact) mass is 546 g/mol. The molecule has 39 heavy (non-hydrogen) atoms. The Bertz CT molecular complexity index is 1640. The third kappa shape index (κ3) is 4.72. The van der Waals surface area contributed by atoms with E-state index in [-0.39, 0.29) is 34.3 Å². The maximum atomic E-state index is 13.8. The van der Waals surface area contributed by atoms with Crippen molar-refractivity contribution in [3.8, 4) is 5.75 Å². The highest BCUT2D eigenvalue weighted by molar-refractivity contribution is 6.31. The number of aromatic nitrogens is 1. The van der Waals surface area contributed by atoms with Crippen LogP contribution in [0.4, 0.5) is 5.69 Å². The first-order chi connectivity index (χ1) is 18.7. The molecule has 1 unspecified atom stereocenters. The number of fused-ring (bicyclic) bond motifs is 1. The molecule has 10 heteroatoms. The topological polar surface area (TPSA) is 119 Å². The number of amides is 1. The molecular formula is C29H23ClN2O7. The summed E-state index contributed by atoms with van der Waals surface area (Å²) in [5, 5.41) is 11.9. The number of Topliss-reactive ketones (excluding diaryl/α,β-unsaturated/α-hetero) is 1. The molecule has 3 heterocycles. The Morgan fingerprint density at radius 2 is 1.90 bits per heavy atom. The number of methoxy groups -OCH3 is 1. The molecule has 0 spiro atoms. The fourth-order valence-electron chi connectivity index (χ4n) is 4.47. The van der Waals surface area contributed by atoms with E-state index in [1.54, 1.807) is 62.4 Å². The van der Waals surface area contributed by atoms with Crippen LogP contribution < -0.4 is 9.64 Å². The van der Waals surface area contributed by atoms with E-state index < -0.39 is 29.5 Å². The second-order valence-corrected chi connectivity index (χ2v) is 9.50. The molecule has 0 saturated heterocycles. The van der Waals surface area contributed by atoms with Crippen LogP contribution in [0.15, 0.2) is 82.6 Å². The fraction of sp³-hybridized carbons (Fsp3) is 0.172. The van der Waals surface area contributed by atoms with Crippen LogP contribution in [0.25, 0.3) is 11.0 Å². The molecular weight excluding hydrogens is 524 g/mol. The fourth-order valence-corrected chi connectivity index (χ4v) is 4.68. The standard InChI is InChI=1S/C29H23ClN2O7/c1-15(2)38-29(36)16-7-6-8-19(12-16)32-24(20-9-4-5-10-31-20)23(26(34)28(32)35)25(33)21-13-17-11-18(30)14-22(37-3)27(17)39-21/h4-15,24,34H,1-3H3. The molecule has 0 saturated carbocycles. The van der Waals surface area contributed by atoms with Gasteiger partial charge in [0.1, 0.15) is 6.04 Å². The van der Waals surface area contributed by atoms with Crippen LogP contribution in [0.5, 0.6) is 5.75 Å². The Hall–Kier alpha value is -4.63. The molecule has 5 rings (SSSR count). The van der Waals surface area contributed by atoms with E-state index >= 15 is 0 Å². The van der Waals surface area contributed by atoms with Gasteiger partial charge in [-0.05, 0) is 56.3 Å². The van der Waals surface area contributed by atoms with Crippen LogP contribution in [0, 0.1) is 0 Å². The quantitative estimate of drug-likeness (QED) is 0.227. The zero-order valence-electron chi connectivity index (χ0n) is 21.2. The number of ether oxygens (including phenoxy) is 2. The van der Waals surface area contributed by atoms with Gasteiger partial charge in [-0.3, -0.25) is 19.5 Å². The number of benzene rings is 2. The number of halogens is 1. The average Bonchev–Trinajstić information content (AvgIpc) is 3.46. The Balaban J connectivity index is 1.62. The molecule has 1 aliphatic rings. The number of aliphatic hydroxyl groups is 1. The maximum absolute atomic E-state index is 13.8. The smallest absolute Gasteiger partial charge is 0.338 e. The lowest BCUT2D eigenvalue weighted by Gasteiger charge is -2.26. The number of esters is 1. The summed E-state index contributed by atoms with van der Waals surface area (Å²) in [4.78, 5) is 45.4. The summed E-state index contributed by atoms with van der Waals surface area (Å²) in [6.07, 6.45) is 1.17. The summed E-state index contributed by atoms with van der Waals surface area (Å²) in [6.45, 7) is 3.45. The highest BCUT2D eigenvalue weighted by atomic mass is 35.5. The molecule has 1 atom stereocenters. The lowest BCUT2D eigenvalue weighted by atomic mass is 9.98. The number of anilines is 1. The van der Waals surface area contributed by atoms with Crippen molar-refractivity contribution in [1.29, 1.82) is 0 Å². The predicted octanol–water partition coefficient (Wildman–Crippen LogP) is 5.84. The number of hydrogen-bond acceptors (Lipinski definition) is 8.